The van der Waals surface area contributed by atoms with Gasteiger partial charge in [0.2, 0.25) is 0 Å². The van der Waals surface area contributed by atoms with E-state index >= 15 is 0 Å². The minimum Gasteiger partial charge on any atom is -0.507 e. The lowest BCUT2D eigenvalue weighted by molar-refractivity contribution is 0.446. The van der Waals surface area contributed by atoms with Crippen LogP contribution in [0.4, 0.5) is 0 Å². The Morgan fingerprint density at radius 1 is 0.459 bits per heavy atom. The molecular formula is C70H75N3O. The first-order valence-electron chi connectivity index (χ1n) is 27.5. The molecule has 2 aromatic heterocycles. The molecule has 4 nitrogen and oxygen atoms in total. The van der Waals surface area contributed by atoms with Crippen molar-refractivity contribution in [3.8, 4) is 56.3 Å². The molecule has 376 valence electrons. The van der Waals surface area contributed by atoms with Crippen molar-refractivity contribution in [3.05, 3.63) is 179 Å². The highest BCUT2D eigenvalue weighted by Gasteiger charge is 2.31. The van der Waals surface area contributed by atoms with Crippen molar-refractivity contribution in [1.29, 1.82) is 0 Å². The van der Waals surface area contributed by atoms with Gasteiger partial charge in [-0.15, -0.1) is 0 Å². The highest BCUT2D eigenvalue weighted by molar-refractivity contribution is 6.25. The molecule has 0 saturated heterocycles. The summed E-state index contributed by atoms with van der Waals surface area (Å²) in [6, 6.07) is 50.1. The summed E-state index contributed by atoms with van der Waals surface area (Å²) < 4.78 is 22.4. The zero-order valence-electron chi connectivity index (χ0n) is 48.6. The number of imidazole rings is 1. The Morgan fingerprint density at radius 2 is 1.00 bits per heavy atom. The van der Waals surface area contributed by atoms with Crippen molar-refractivity contribution in [2.75, 3.05) is 0 Å². The van der Waals surface area contributed by atoms with E-state index in [1.165, 1.54) is 38.1 Å². The molecule has 10 rings (SSSR count). The number of hydrogen-bond donors (Lipinski definition) is 1. The van der Waals surface area contributed by atoms with Crippen molar-refractivity contribution >= 4 is 43.4 Å². The topological polar surface area (TPSA) is 50.9 Å². The Morgan fingerprint density at radius 3 is 1.55 bits per heavy atom. The molecule has 0 saturated carbocycles. The number of nitrogens with zero attached hydrogens (tertiary/aromatic N) is 3. The standard InChI is InChI=1S/C70H75N3O/c1-41(2)56-36-44(43-28-29-55-53-24-18-17-22-51(53)52-23-19-20-25-54(52)58(55)35-43)37-57(42(3)4)64(56)73-62-27-21-26-50(63(62)72-66(73)59-38-49(69(11,12)13)39-60(65(59)74)70(14,15)16)45-32-46(34-48(33-45)68(8,9)10)61-40-47(30-31-71-61)67(5,6)7/h17-42,74H,1-16H3/i41D,42D. The van der Waals surface area contributed by atoms with Crippen LogP contribution in [-0.2, 0) is 21.7 Å². The second kappa shape index (κ2) is 18.1. The average Bonchev–Trinajstić information content (AvgIpc) is 3.80. The molecule has 0 aliphatic carbocycles. The van der Waals surface area contributed by atoms with Crippen LogP contribution in [0.1, 0.15) is 159 Å². The number of fused-ring (bicyclic) bond motifs is 7. The summed E-state index contributed by atoms with van der Waals surface area (Å²) in [5.74, 6) is -1.60. The molecule has 2 heterocycles. The van der Waals surface area contributed by atoms with E-state index < -0.39 is 17.2 Å². The first-order valence-corrected chi connectivity index (χ1v) is 26.5. The van der Waals surface area contributed by atoms with Gasteiger partial charge in [-0.25, -0.2) is 4.98 Å². The fraction of sp³-hybridized carbons (Fsp3) is 0.314. The molecule has 0 amide bonds. The Hall–Kier alpha value is -7.04. The Labute approximate surface area is 443 Å². The molecule has 10 aromatic rings. The maximum atomic E-state index is 12.9. The number of hydrogen-bond acceptors (Lipinski definition) is 3. The fourth-order valence-electron chi connectivity index (χ4n) is 10.9. The fourth-order valence-corrected chi connectivity index (χ4v) is 10.9. The van der Waals surface area contributed by atoms with Crippen molar-refractivity contribution < 1.29 is 7.85 Å². The number of aromatic hydroxyl groups is 1. The zero-order chi connectivity index (χ0) is 54.8. The predicted molar refractivity (Wildman–Crippen MR) is 318 cm³/mol. The van der Waals surface area contributed by atoms with Crippen LogP contribution < -0.4 is 0 Å². The lowest BCUT2D eigenvalue weighted by atomic mass is 9.78. The number of pyridine rings is 1. The van der Waals surface area contributed by atoms with Crippen LogP contribution in [0.3, 0.4) is 0 Å². The van der Waals surface area contributed by atoms with Crippen molar-refractivity contribution in [3.63, 3.8) is 0 Å². The third-order valence-corrected chi connectivity index (χ3v) is 15.2. The summed E-state index contributed by atoms with van der Waals surface area (Å²) in [5, 5.41) is 20.0. The van der Waals surface area contributed by atoms with Gasteiger partial charge in [0, 0.05) is 25.6 Å². The van der Waals surface area contributed by atoms with Gasteiger partial charge in [-0.2, -0.15) is 0 Å². The molecule has 0 aliphatic heterocycles. The van der Waals surface area contributed by atoms with E-state index in [0.717, 1.165) is 77.9 Å². The van der Waals surface area contributed by atoms with E-state index in [9.17, 15) is 7.85 Å². The molecule has 8 aromatic carbocycles. The molecule has 0 atom stereocenters. The monoisotopic (exact) mass is 976 g/mol. The van der Waals surface area contributed by atoms with Gasteiger partial charge in [-0.1, -0.05) is 196 Å². The average molecular weight is 976 g/mol. The Bertz CT molecular complexity index is 3880. The lowest BCUT2D eigenvalue weighted by Gasteiger charge is -2.28. The van der Waals surface area contributed by atoms with Crippen molar-refractivity contribution in [1.82, 2.24) is 14.5 Å². The minimum atomic E-state index is -1.16. The Balaban J connectivity index is 1.32. The largest absolute Gasteiger partial charge is 0.507 e. The van der Waals surface area contributed by atoms with Crippen LogP contribution in [0.15, 0.2) is 146 Å². The second-order valence-electron chi connectivity index (χ2n) is 25.4. The number of phenols is 1. The molecule has 0 radical (unpaired) electrons. The van der Waals surface area contributed by atoms with Crippen LogP contribution in [0.25, 0.3) is 93.9 Å². The van der Waals surface area contributed by atoms with Gasteiger partial charge in [-0.05, 0) is 165 Å². The molecular weight excluding hydrogens is 899 g/mol. The van der Waals surface area contributed by atoms with Crippen LogP contribution in [-0.4, -0.2) is 19.6 Å². The number of benzene rings is 8. The summed E-state index contributed by atoms with van der Waals surface area (Å²) in [6.45, 7) is 34.3. The van der Waals surface area contributed by atoms with Gasteiger partial charge in [0.05, 0.1) is 28.0 Å². The summed E-state index contributed by atoms with van der Waals surface area (Å²) in [5.41, 5.74) is 13.6. The molecule has 1 N–H and O–H groups in total. The second-order valence-corrected chi connectivity index (χ2v) is 25.4. The number of rotatable bonds is 7. The molecule has 74 heavy (non-hydrogen) atoms. The van der Waals surface area contributed by atoms with E-state index in [2.05, 4.69) is 227 Å². The van der Waals surface area contributed by atoms with E-state index in [-0.39, 0.29) is 22.0 Å². The van der Waals surface area contributed by atoms with E-state index in [1.807, 2.05) is 33.9 Å². The quantitative estimate of drug-likeness (QED) is 0.162. The third-order valence-electron chi connectivity index (χ3n) is 15.2. The lowest BCUT2D eigenvalue weighted by Crippen LogP contribution is -2.17. The van der Waals surface area contributed by atoms with Gasteiger partial charge in [0.25, 0.3) is 0 Å². The van der Waals surface area contributed by atoms with Gasteiger partial charge in [0.1, 0.15) is 11.6 Å². The maximum absolute atomic E-state index is 12.9. The molecule has 0 aliphatic rings. The van der Waals surface area contributed by atoms with Gasteiger partial charge in [-0.3, -0.25) is 9.55 Å². The Kier molecular flexibility index (Phi) is 11.7. The first kappa shape index (κ1) is 47.9. The number of phenolic OH excluding ortho intramolecular Hbond substituents is 1. The smallest absolute Gasteiger partial charge is 0.149 e. The summed E-state index contributed by atoms with van der Waals surface area (Å²) in [4.78, 5) is 10.7. The maximum Gasteiger partial charge on any atom is 0.149 e. The number of aromatic nitrogens is 3. The van der Waals surface area contributed by atoms with Crippen LogP contribution in [0, 0.1) is 0 Å². The highest BCUT2D eigenvalue weighted by atomic mass is 16.3. The van der Waals surface area contributed by atoms with Crippen LogP contribution >= 0.6 is 0 Å². The van der Waals surface area contributed by atoms with Crippen molar-refractivity contribution in [2.24, 2.45) is 0 Å². The molecule has 4 heteroatoms. The minimum absolute atomic E-state index is 0.0590. The van der Waals surface area contributed by atoms with Crippen molar-refractivity contribution in [2.45, 2.75) is 144 Å². The van der Waals surface area contributed by atoms with Crippen LogP contribution in [0.5, 0.6) is 5.75 Å². The van der Waals surface area contributed by atoms with Gasteiger partial charge in [0.15, 0.2) is 0 Å². The SMILES string of the molecule is [2H]C(C)(C)c1cc(-c2ccc3c4ccccc4c4ccccc4c3c2)cc(C([2H])(C)C)c1-n1c(-c2cc(C(C)(C)C)cc(C(C)(C)C)c2O)nc2c(-c3cc(-c4cc(C(C)(C)C)ccn4)cc(C(C)(C)C)c3)cccc21. The van der Waals surface area contributed by atoms with Gasteiger partial charge < -0.3 is 5.11 Å². The summed E-state index contributed by atoms with van der Waals surface area (Å²) in [6.07, 6.45) is 1.92. The molecule has 0 unspecified atom stereocenters. The molecule has 0 fully saturated rings. The molecule has 0 bridgehead atoms. The van der Waals surface area contributed by atoms with E-state index in [4.69, 9.17) is 9.97 Å². The predicted octanol–water partition coefficient (Wildman–Crippen LogP) is 19.7. The summed E-state index contributed by atoms with van der Waals surface area (Å²) >= 11 is 0. The van der Waals surface area contributed by atoms with E-state index in [0.29, 0.717) is 11.4 Å². The van der Waals surface area contributed by atoms with E-state index in [1.54, 1.807) is 0 Å². The summed E-state index contributed by atoms with van der Waals surface area (Å²) in [7, 11) is 0. The highest BCUT2D eigenvalue weighted by Crippen LogP contribution is 2.48. The zero-order valence-corrected chi connectivity index (χ0v) is 46.6. The molecule has 0 spiro atoms. The first-order chi connectivity index (χ1) is 35.4. The van der Waals surface area contributed by atoms with Crippen LogP contribution in [0.2, 0.25) is 0 Å². The number of para-hydroxylation sites is 1. The van der Waals surface area contributed by atoms with Gasteiger partial charge >= 0.3 is 0 Å². The third kappa shape index (κ3) is 8.99. The normalized spacial score (nSPS) is 13.6.